The number of halogens is 5. The topological polar surface area (TPSA) is 0 Å². The Morgan fingerprint density at radius 2 is 1.12 bits per heavy atom. The van der Waals surface area contributed by atoms with Crippen molar-refractivity contribution in [3.63, 3.8) is 0 Å². The Labute approximate surface area is 169 Å². The summed E-state index contributed by atoms with van der Waals surface area (Å²) in [4.78, 5) is 0. The van der Waals surface area contributed by atoms with E-state index in [1.165, 1.54) is 12.8 Å². The quantitative estimate of drug-likeness (QED) is 0.206. The second-order valence-corrected chi connectivity index (χ2v) is 11.4. The third kappa shape index (κ3) is 6.40. The highest BCUT2D eigenvalue weighted by atomic mass is 127. The van der Waals surface area contributed by atoms with Crippen molar-refractivity contribution in [2.45, 2.75) is 53.2 Å². The maximum Gasteiger partial charge on any atom is 0.0366 e. The average molecular weight is 786 g/mol. The fourth-order valence-corrected chi connectivity index (χ4v) is 8.16. The minimum absolute atomic E-state index is 0.775. The van der Waals surface area contributed by atoms with Gasteiger partial charge in [-0.25, -0.2) is 0 Å². The molecule has 0 aliphatic heterocycles. The molecule has 0 rings (SSSR count). The number of hydrogen-bond donors (Lipinski definition) is 0. The van der Waals surface area contributed by atoms with Crippen molar-refractivity contribution in [2.75, 3.05) is 0 Å². The Balaban J connectivity index is 4.41. The van der Waals surface area contributed by atoms with Crippen molar-refractivity contribution >= 4 is 113 Å². The van der Waals surface area contributed by atoms with Gasteiger partial charge in [0.05, 0.1) is 0 Å². The summed E-state index contributed by atoms with van der Waals surface area (Å²) in [6.07, 6.45) is 2.58. The van der Waals surface area contributed by atoms with E-state index in [2.05, 4.69) is 134 Å². The van der Waals surface area contributed by atoms with Gasteiger partial charge in [-0.1, -0.05) is 140 Å². The van der Waals surface area contributed by atoms with Gasteiger partial charge in [0, 0.05) is 19.6 Å². The molecule has 0 aliphatic rings. The van der Waals surface area contributed by atoms with Gasteiger partial charge in [0.15, 0.2) is 0 Å². The minimum atomic E-state index is 0.775. The zero-order chi connectivity index (χ0) is 12.9. The molecule has 6 unspecified atom stereocenters. The van der Waals surface area contributed by atoms with Gasteiger partial charge in [0.2, 0.25) is 0 Å². The monoisotopic (exact) mass is 786 g/mol. The standard InChI is InChI=1S/C11H19I5/c1-4-6(3)8(13)10(15)11(16)9(14)7(12)5-2/h6-11H,4-5H2,1-3H3. The van der Waals surface area contributed by atoms with E-state index in [9.17, 15) is 0 Å². The van der Waals surface area contributed by atoms with Gasteiger partial charge in [-0.3, -0.25) is 0 Å². The normalized spacial score (nSPS) is 23.2. The molecular formula is C11H19I5. The van der Waals surface area contributed by atoms with E-state index in [1.54, 1.807) is 0 Å². The molecule has 0 aromatic carbocycles. The van der Waals surface area contributed by atoms with E-state index in [0.29, 0.717) is 0 Å². The SMILES string of the molecule is CCC(C)C(I)C(I)C(I)C(I)C(I)CC. The molecule has 0 aromatic heterocycles. The summed E-state index contributed by atoms with van der Waals surface area (Å²) in [5.74, 6) is 0.831. The van der Waals surface area contributed by atoms with Crippen LogP contribution in [-0.2, 0) is 0 Å². The van der Waals surface area contributed by atoms with Crippen LogP contribution in [0.25, 0.3) is 0 Å². The van der Waals surface area contributed by atoms with Crippen LogP contribution in [0.2, 0.25) is 0 Å². The second-order valence-electron chi connectivity index (χ2n) is 4.09. The minimum Gasteiger partial charge on any atom is -0.0815 e. The maximum absolute atomic E-state index is 2.67. The van der Waals surface area contributed by atoms with Crippen LogP contribution in [0.3, 0.4) is 0 Å². The molecular weight excluding hydrogens is 767 g/mol. The third-order valence-corrected chi connectivity index (χ3v) is 16.7. The Kier molecular flexibility index (Phi) is 12.8. The first-order valence-electron chi connectivity index (χ1n) is 5.57. The summed E-state index contributed by atoms with van der Waals surface area (Å²) in [7, 11) is 0. The Morgan fingerprint density at radius 3 is 1.50 bits per heavy atom. The van der Waals surface area contributed by atoms with Crippen molar-refractivity contribution in [3.05, 3.63) is 0 Å². The van der Waals surface area contributed by atoms with E-state index in [-0.39, 0.29) is 0 Å². The summed E-state index contributed by atoms with van der Waals surface area (Å²) in [5, 5.41) is 0. The molecule has 0 fully saturated rings. The lowest BCUT2D eigenvalue weighted by Gasteiger charge is -2.30. The number of alkyl halides is 5. The number of rotatable bonds is 7. The van der Waals surface area contributed by atoms with E-state index >= 15 is 0 Å². The predicted molar refractivity (Wildman–Crippen MR) is 119 cm³/mol. The highest BCUT2D eigenvalue weighted by Gasteiger charge is 2.33. The lowest BCUT2D eigenvalue weighted by molar-refractivity contribution is 0.536. The van der Waals surface area contributed by atoms with E-state index in [0.717, 1.165) is 25.5 Å². The van der Waals surface area contributed by atoms with Gasteiger partial charge < -0.3 is 0 Å². The fraction of sp³-hybridized carbons (Fsp3) is 1.00. The van der Waals surface area contributed by atoms with E-state index < -0.39 is 0 Å². The van der Waals surface area contributed by atoms with Crippen LogP contribution in [0.1, 0.15) is 33.6 Å². The summed E-state index contributed by atoms with van der Waals surface area (Å²) < 4.78 is 3.93. The predicted octanol–water partition coefficient (Wildman–Crippen LogP) is 6.46. The highest BCUT2D eigenvalue weighted by Crippen LogP contribution is 2.37. The van der Waals surface area contributed by atoms with Gasteiger partial charge in [0.1, 0.15) is 0 Å². The third-order valence-electron chi connectivity index (χ3n) is 2.84. The van der Waals surface area contributed by atoms with Crippen LogP contribution >= 0.6 is 113 Å². The molecule has 98 valence electrons. The molecule has 6 atom stereocenters. The second kappa shape index (κ2) is 10.4. The molecule has 0 saturated carbocycles. The summed E-state index contributed by atoms with van der Waals surface area (Å²) in [6, 6.07) is 0. The molecule has 0 aliphatic carbocycles. The fourth-order valence-electron chi connectivity index (χ4n) is 1.31. The van der Waals surface area contributed by atoms with Crippen LogP contribution in [-0.4, -0.2) is 19.6 Å². The van der Waals surface area contributed by atoms with Crippen molar-refractivity contribution in [1.82, 2.24) is 0 Å². The first-order valence-corrected chi connectivity index (χ1v) is 11.8. The molecule has 0 spiro atoms. The Hall–Kier alpha value is 3.65. The molecule has 0 bridgehead atoms. The molecule has 0 nitrogen and oxygen atoms in total. The zero-order valence-corrected chi connectivity index (χ0v) is 20.6. The first-order chi connectivity index (χ1) is 7.36. The van der Waals surface area contributed by atoms with Crippen LogP contribution in [0, 0.1) is 5.92 Å². The lowest BCUT2D eigenvalue weighted by Crippen LogP contribution is -2.37. The van der Waals surface area contributed by atoms with Crippen molar-refractivity contribution in [2.24, 2.45) is 5.92 Å². The Bertz CT molecular complexity index is 167. The van der Waals surface area contributed by atoms with Crippen LogP contribution in [0.15, 0.2) is 0 Å². The average Bonchev–Trinajstić information content (AvgIpc) is 2.32. The van der Waals surface area contributed by atoms with Gasteiger partial charge in [-0.2, -0.15) is 0 Å². The summed E-state index contributed by atoms with van der Waals surface area (Å²) in [6.45, 7) is 6.98. The van der Waals surface area contributed by atoms with Crippen LogP contribution in [0.4, 0.5) is 0 Å². The highest BCUT2D eigenvalue weighted by molar-refractivity contribution is 14.1. The van der Waals surface area contributed by atoms with Gasteiger partial charge in [0.25, 0.3) is 0 Å². The van der Waals surface area contributed by atoms with Crippen LogP contribution < -0.4 is 0 Å². The molecule has 0 radical (unpaired) electrons. The van der Waals surface area contributed by atoms with E-state index in [1.807, 2.05) is 0 Å². The van der Waals surface area contributed by atoms with Gasteiger partial charge in [-0.05, 0) is 12.3 Å². The maximum atomic E-state index is 2.67. The summed E-state index contributed by atoms with van der Waals surface area (Å²) in [5.41, 5.74) is 0. The molecule has 0 N–H and O–H groups in total. The summed E-state index contributed by atoms with van der Waals surface area (Å²) >= 11 is 13.3. The first kappa shape index (κ1) is 19.7. The lowest BCUT2D eigenvalue weighted by atomic mass is 10.00. The zero-order valence-electron chi connectivity index (χ0n) is 9.77. The smallest absolute Gasteiger partial charge is 0.0366 e. The molecule has 0 aromatic rings. The number of hydrogen-bond acceptors (Lipinski definition) is 0. The molecule has 0 amide bonds. The molecule has 0 heterocycles. The molecule has 0 saturated heterocycles. The molecule has 5 heteroatoms. The van der Waals surface area contributed by atoms with Crippen molar-refractivity contribution in [1.29, 1.82) is 0 Å². The van der Waals surface area contributed by atoms with Crippen LogP contribution in [0.5, 0.6) is 0 Å². The van der Waals surface area contributed by atoms with Gasteiger partial charge in [-0.15, -0.1) is 0 Å². The van der Waals surface area contributed by atoms with E-state index in [4.69, 9.17) is 0 Å². The van der Waals surface area contributed by atoms with Gasteiger partial charge >= 0.3 is 0 Å². The largest absolute Gasteiger partial charge is 0.0815 e. The van der Waals surface area contributed by atoms with Crippen molar-refractivity contribution in [3.8, 4) is 0 Å². The molecule has 16 heavy (non-hydrogen) atoms. The Morgan fingerprint density at radius 1 is 0.688 bits per heavy atom. The van der Waals surface area contributed by atoms with Crippen molar-refractivity contribution < 1.29 is 0 Å².